The van der Waals surface area contributed by atoms with Crippen LogP contribution in [0.1, 0.15) is 40.3 Å². The van der Waals surface area contributed by atoms with Crippen LogP contribution in [0.5, 0.6) is 0 Å². The summed E-state index contributed by atoms with van der Waals surface area (Å²) in [6, 6.07) is 17.6. The molecule has 3 aromatic heterocycles. The van der Waals surface area contributed by atoms with Gasteiger partial charge in [-0.15, -0.1) is 11.3 Å². The lowest BCUT2D eigenvalue weighted by atomic mass is 10.1. The molecule has 1 atom stereocenters. The maximum atomic E-state index is 13.8. The Morgan fingerprint density at radius 3 is 2.59 bits per heavy atom. The SMILES string of the molecule is CCn1cc(C(=O)N(Cc2ccccc2)[C@@H](C)Cc2cccs2)c(=O)c2ccc(C)nc21. The van der Waals surface area contributed by atoms with Gasteiger partial charge in [-0.2, -0.15) is 0 Å². The van der Waals surface area contributed by atoms with Gasteiger partial charge in [0.25, 0.3) is 5.91 Å². The van der Waals surface area contributed by atoms with E-state index in [4.69, 9.17) is 0 Å². The zero-order valence-electron chi connectivity index (χ0n) is 18.6. The van der Waals surface area contributed by atoms with Crippen molar-refractivity contribution in [1.82, 2.24) is 14.5 Å². The molecular weight excluding hydrogens is 418 g/mol. The third-order valence-corrected chi connectivity index (χ3v) is 6.60. The molecule has 0 bridgehead atoms. The molecule has 4 aromatic rings. The second-order valence-corrected chi connectivity index (χ2v) is 9.07. The van der Waals surface area contributed by atoms with Crippen LogP contribution >= 0.6 is 11.3 Å². The number of amides is 1. The fourth-order valence-corrected chi connectivity index (χ4v) is 4.77. The number of rotatable bonds is 7. The Balaban J connectivity index is 1.77. The van der Waals surface area contributed by atoms with E-state index in [0.717, 1.165) is 17.7 Å². The first-order valence-corrected chi connectivity index (χ1v) is 11.7. The molecule has 0 aliphatic carbocycles. The van der Waals surface area contributed by atoms with Crippen molar-refractivity contribution in [3.63, 3.8) is 0 Å². The first-order valence-electron chi connectivity index (χ1n) is 10.9. The summed E-state index contributed by atoms with van der Waals surface area (Å²) >= 11 is 1.68. The number of carbonyl (C=O) groups excluding carboxylic acids is 1. The van der Waals surface area contributed by atoms with Crippen molar-refractivity contribution in [3.05, 3.63) is 98.1 Å². The first-order chi connectivity index (χ1) is 15.5. The van der Waals surface area contributed by atoms with Crippen LogP contribution in [-0.2, 0) is 19.5 Å². The minimum absolute atomic E-state index is 0.0670. The molecule has 0 aliphatic rings. The van der Waals surface area contributed by atoms with Gasteiger partial charge in [0.15, 0.2) is 0 Å². The number of carbonyl (C=O) groups is 1. The summed E-state index contributed by atoms with van der Waals surface area (Å²) in [5.74, 6) is -0.243. The van der Waals surface area contributed by atoms with Crippen molar-refractivity contribution < 1.29 is 4.79 Å². The highest BCUT2D eigenvalue weighted by Gasteiger charge is 2.26. The van der Waals surface area contributed by atoms with Crippen molar-refractivity contribution in [3.8, 4) is 0 Å². The van der Waals surface area contributed by atoms with Gasteiger partial charge in [0.05, 0.1) is 5.39 Å². The second-order valence-electron chi connectivity index (χ2n) is 8.03. The van der Waals surface area contributed by atoms with Gasteiger partial charge in [-0.05, 0) is 49.9 Å². The maximum Gasteiger partial charge on any atom is 0.259 e. The molecule has 4 rings (SSSR count). The van der Waals surface area contributed by atoms with Crippen LogP contribution in [0, 0.1) is 6.92 Å². The van der Waals surface area contributed by atoms with E-state index in [0.29, 0.717) is 24.1 Å². The van der Waals surface area contributed by atoms with E-state index in [1.807, 2.05) is 78.1 Å². The smallest absolute Gasteiger partial charge is 0.259 e. The predicted molar refractivity (Wildman–Crippen MR) is 130 cm³/mol. The number of hydrogen-bond donors (Lipinski definition) is 0. The van der Waals surface area contributed by atoms with Gasteiger partial charge < -0.3 is 9.47 Å². The van der Waals surface area contributed by atoms with Crippen molar-refractivity contribution in [2.75, 3.05) is 0 Å². The van der Waals surface area contributed by atoms with E-state index in [1.165, 1.54) is 4.88 Å². The Morgan fingerprint density at radius 1 is 1.12 bits per heavy atom. The zero-order valence-corrected chi connectivity index (χ0v) is 19.4. The van der Waals surface area contributed by atoms with E-state index in [1.54, 1.807) is 23.6 Å². The normalized spacial score (nSPS) is 12.1. The molecule has 0 fully saturated rings. The lowest BCUT2D eigenvalue weighted by molar-refractivity contribution is 0.0674. The molecule has 0 unspecified atom stereocenters. The molecule has 164 valence electrons. The third-order valence-electron chi connectivity index (χ3n) is 5.70. The maximum absolute atomic E-state index is 13.8. The largest absolute Gasteiger partial charge is 0.332 e. The average Bonchev–Trinajstić information content (AvgIpc) is 3.31. The van der Waals surface area contributed by atoms with Crippen LogP contribution < -0.4 is 5.43 Å². The van der Waals surface area contributed by atoms with Crippen molar-refractivity contribution in [1.29, 1.82) is 0 Å². The molecule has 0 saturated heterocycles. The van der Waals surface area contributed by atoms with Crippen molar-refractivity contribution in [2.45, 2.75) is 46.3 Å². The van der Waals surface area contributed by atoms with Crippen LogP contribution in [0.2, 0.25) is 0 Å². The highest BCUT2D eigenvalue weighted by Crippen LogP contribution is 2.19. The van der Waals surface area contributed by atoms with E-state index in [-0.39, 0.29) is 22.9 Å². The molecule has 0 N–H and O–H groups in total. The van der Waals surface area contributed by atoms with Crippen molar-refractivity contribution >= 4 is 28.3 Å². The Bertz CT molecular complexity index is 1280. The van der Waals surface area contributed by atoms with Crippen LogP contribution in [0.15, 0.2) is 71.0 Å². The second kappa shape index (κ2) is 9.49. The van der Waals surface area contributed by atoms with Gasteiger partial charge in [0.1, 0.15) is 11.2 Å². The molecule has 5 nitrogen and oxygen atoms in total. The van der Waals surface area contributed by atoms with Crippen molar-refractivity contribution in [2.24, 2.45) is 0 Å². The van der Waals surface area contributed by atoms with Crippen LogP contribution in [0.25, 0.3) is 11.0 Å². The summed E-state index contributed by atoms with van der Waals surface area (Å²) < 4.78 is 1.89. The Morgan fingerprint density at radius 2 is 1.91 bits per heavy atom. The van der Waals surface area contributed by atoms with Gasteiger partial charge in [0.2, 0.25) is 5.43 Å². The molecule has 0 spiro atoms. The minimum atomic E-state index is -0.261. The van der Waals surface area contributed by atoms with E-state index >= 15 is 0 Å². The number of fused-ring (bicyclic) bond motifs is 1. The monoisotopic (exact) mass is 445 g/mol. The summed E-state index contributed by atoms with van der Waals surface area (Å²) in [5.41, 5.74) is 2.43. The molecule has 1 aromatic carbocycles. The van der Waals surface area contributed by atoms with Gasteiger partial charge in [-0.25, -0.2) is 4.98 Å². The molecule has 3 heterocycles. The average molecular weight is 446 g/mol. The van der Waals surface area contributed by atoms with Gasteiger partial charge >= 0.3 is 0 Å². The molecule has 0 aliphatic heterocycles. The Hall–Kier alpha value is -3.25. The fourth-order valence-electron chi connectivity index (χ4n) is 3.95. The lowest BCUT2D eigenvalue weighted by Gasteiger charge is -2.29. The number of hydrogen-bond acceptors (Lipinski definition) is 4. The summed E-state index contributed by atoms with van der Waals surface area (Å²) in [4.78, 5) is 34.7. The van der Waals surface area contributed by atoms with E-state index in [9.17, 15) is 9.59 Å². The molecule has 0 radical (unpaired) electrons. The summed E-state index contributed by atoms with van der Waals surface area (Å²) in [6.07, 6.45) is 2.42. The number of aryl methyl sites for hydroxylation is 2. The van der Waals surface area contributed by atoms with Crippen LogP contribution in [0.3, 0.4) is 0 Å². The van der Waals surface area contributed by atoms with Gasteiger partial charge in [0, 0.05) is 42.3 Å². The Labute approximate surface area is 192 Å². The molecule has 6 heteroatoms. The number of aromatic nitrogens is 2. The fraction of sp³-hybridized carbons (Fsp3) is 0.269. The lowest BCUT2D eigenvalue weighted by Crippen LogP contribution is -2.41. The van der Waals surface area contributed by atoms with Crippen LogP contribution in [0.4, 0.5) is 0 Å². The number of benzene rings is 1. The van der Waals surface area contributed by atoms with E-state index < -0.39 is 0 Å². The Kier molecular flexibility index (Phi) is 6.51. The zero-order chi connectivity index (χ0) is 22.7. The van der Waals surface area contributed by atoms with E-state index in [2.05, 4.69) is 11.1 Å². The molecule has 1 amide bonds. The highest BCUT2D eigenvalue weighted by atomic mass is 32.1. The summed E-state index contributed by atoms with van der Waals surface area (Å²) in [6.45, 7) is 7.00. The van der Waals surface area contributed by atoms with Gasteiger partial charge in [-0.1, -0.05) is 36.4 Å². The third kappa shape index (κ3) is 4.50. The first kappa shape index (κ1) is 22.0. The topological polar surface area (TPSA) is 55.2 Å². The molecule has 0 saturated carbocycles. The summed E-state index contributed by atoms with van der Waals surface area (Å²) in [5, 5.41) is 2.53. The standard InChI is InChI=1S/C26H27N3O2S/c1-4-28-17-23(24(30)22-13-12-18(2)27-25(22)28)26(31)29(16-20-9-6-5-7-10-20)19(3)15-21-11-8-14-32-21/h5-14,17,19H,4,15-16H2,1-3H3/t19-/m0/s1. The minimum Gasteiger partial charge on any atom is -0.332 e. The molecule has 32 heavy (non-hydrogen) atoms. The predicted octanol–water partition coefficient (Wildman–Crippen LogP) is 5.06. The molecular formula is C26H27N3O2S. The quantitative estimate of drug-likeness (QED) is 0.400. The highest BCUT2D eigenvalue weighted by molar-refractivity contribution is 7.09. The number of nitrogens with zero attached hydrogens (tertiary/aromatic N) is 3. The number of thiophene rings is 1. The number of pyridine rings is 2. The summed E-state index contributed by atoms with van der Waals surface area (Å²) in [7, 11) is 0. The van der Waals surface area contributed by atoms with Gasteiger partial charge in [-0.3, -0.25) is 9.59 Å². The van der Waals surface area contributed by atoms with Crippen LogP contribution in [-0.4, -0.2) is 26.4 Å².